The van der Waals surface area contributed by atoms with E-state index in [-0.39, 0.29) is 25.7 Å². The Balaban J connectivity index is 4.17. The van der Waals surface area contributed by atoms with Crippen molar-refractivity contribution in [3.05, 3.63) is 0 Å². The van der Waals surface area contributed by atoms with Crippen LogP contribution in [0.5, 0.6) is 0 Å². The first-order valence-corrected chi connectivity index (χ1v) is 7.66. The lowest BCUT2D eigenvalue weighted by molar-refractivity contribution is -0.121. The summed E-state index contributed by atoms with van der Waals surface area (Å²) >= 11 is 0. The lowest BCUT2D eigenvalue weighted by Gasteiger charge is -2.18. The monoisotopic (exact) mass is 333 g/mol. The van der Waals surface area contributed by atoms with Crippen molar-refractivity contribution in [2.75, 3.05) is 40.0 Å². The molecule has 3 amide bonds. The summed E-state index contributed by atoms with van der Waals surface area (Å²) in [5.41, 5.74) is 0. The Morgan fingerprint density at radius 1 is 0.957 bits per heavy atom. The molecule has 9 heteroatoms. The molecule has 0 saturated carbocycles. The van der Waals surface area contributed by atoms with E-state index in [1.165, 1.54) is 0 Å². The molecule has 3 N–H and O–H groups in total. The molecule has 0 radical (unpaired) electrons. The first-order chi connectivity index (χ1) is 11.0. The molecule has 134 valence electrons. The lowest BCUT2D eigenvalue weighted by Crippen LogP contribution is -2.34. The minimum absolute atomic E-state index is 0.0504. The third-order valence-electron chi connectivity index (χ3n) is 2.62. The van der Waals surface area contributed by atoms with Crippen LogP contribution in [0.3, 0.4) is 0 Å². The van der Waals surface area contributed by atoms with Crippen molar-refractivity contribution in [1.82, 2.24) is 16.0 Å². The third-order valence-corrected chi connectivity index (χ3v) is 2.62. The van der Waals surface area contributed by atoms with Crippen LogP contribution in [-0.2, 0) is 19.0 Å². The smallest absolute Gasteiger partial charge is 0.407 e. The van der Waals surface area contributed by atoms with Crippen LogP contribution in [-0.4, -0.2) is 64.2 Å². The van der Waals surface area contributed by atoms with E-state index >= 15 is 0 Å². The first kappa shape index (κ1) is 21.0. The van der Waals surface area contributed by atoms with Crippen LogP contribution in [0, 0.1) is 0 Å². The summed E-state index contributed by atoms with van der Waals surface area (Å²) in [4.78, 5) is 33.7. The van der Waals surface area contributed by atoms with Crippen LogP contribution in [0.4, 0.5) is 9.59 Å². The average molecular weight is 333 g/mol. The Bertz CT molecular complexity index is 342. The number of carbonyl (C=O) groups is 3. The van der Waals surface area contributed by atoms with E-state index in [2.05, 4.69) is 16.0 Å². The maximum absolute atomic E-state index is 11.3. The van der Waals surface area contributed by atoms with Gasteiger partial charge in [-0.15, -0.1) is 0 Å². The summed E-state index contributed by atoms with van der Waals surface area (Å²) in [7, 11) is 1.56. The second-order valence-corrected chi connectivity index (χ2v) is 4.53. The maximum atomic E-state index is 11.3. The van der Waals surface area contributed by atoms with Gasteiger partial charge in [0, 0.05) is 33.2 Å². The molecule has 0 fully saturated rings. The predicted octanol–water partition coefficient (Wildman–Crippen LogP) is 0.390. The van der Waals surface area contributed by atoms with Crippen LogP contribution in [0.25, 0.3) is 0 Å². The zero-order chi connectivity index (χ0) is 17.5. The van der Waals surface area contributed by atoms with Gasteiger partial charge >= 0.3 is 12.2 Å². The van der Waals surface area contributed by atoms with E-state index in [0.29, 0.717) is 25.9 Å². The van der Waals surface area contributed by atoms with Gasteiger partial charge in [0.05, 0.1) is 0 Å². The Morgan fingerprint density at radius 2 is 1.48 bits per heavy atom. The molecule has 0 aliphatic rings. The van der Waals surface area contributed by atoms with E-state index < -0.39 is 18.3 Å². The third kappa shape index (κ3) is 12.2. The highest BCUT2D eigenvalue weighted by molar-refractivity contribution is 5.75. The van der Waals surface area contributed by atoms with Crippen molar-refractivity contribution in [2.45, 2.75) is 32.8 Å². The molecule has 0 unspecified atom stereocenters. The number of carbonyl (C=O) groups excluding carboxylic acids is 3. The van der Waals surface area contributed by atoms with Crippen molar-refractivity contribution in [3.8, 4) is 0 Å². The van der Waals surface area contributed by atoms with Crippen molar-refractivity contribution >= 4 is 18.1 Å². The van der Waals surface area contributed by atoms with Gasteiger partial charge in [-0.1, -0.05) is 0 Å². The fourth-order valence-electron chi connectivity index (χ4n) is 1.48. The number of hydrogen-bond donors (Lipinski definition) is 3. The van der Waals surface area contributed by atoms with Crippen LogP contribution in [0.1, 0.15) is 26.7 Å². The topological polar surface area (TPSA) is 115 Å². The van der Waals surface area contributed by atoms with E-state index in [1.54, 1.807) is 20.9 Å². The molecular formula is C14H27N3O6. The minimum atomic E-state index is -0.593. The zero-order valence-electron chi connectivity index (χ0n) is 14.0. The van der Waals surface area contributed by atoms with Gasteiger partial charge in [-0.2, -0.15) is 0 Å². The summed E-state index contributed by atoms with van der Waals surface area (Å²) in [6, 6.07) is 0. The zero-order valence-corrected chi connectivity index (χ0v) is 14.0. The summed E-state index contributed by atoms with van der Waals surface area (Å²) in [5, 5.41) is 7.48. The van der Waals surface area contributed by atoms with Crippen LogP contribution in [0.15, 0.2) is 0 Å². The van der Waals surface area contributed by atoms with Crippen molar-refractivity contribution in [2.24, 2.45) is 0 Å². The number of ether oxygens (including phenoxy) is 3. The molecule has 0 heterocycles. The first-order valence-electron chi connectivity index (χ1n) is 7.66. The van der Waals surface area contributed by atoms with Gasteiger partial charge in [-0.25, -0.2) is 9.59 Å². The standard InChI is InChI=1S/C14H27N3O6/c1-4-16-13(19)22-9-11(10-23-14(20)17-5-2)21-8-6-7-12(18)15-3/h11H,4-10H2,1-3H3,(H,15,18)(H,16,19)(H,17,20). The largest absolute Gasteiger partial charge is 0.447 e. The van der Waals surface area contributed by atoms with Crippen molar-refractivity contribution < 1.29 is 28.6 Å². The van der Waals surface area contributed by atoms with Crippen LogP contribution in [0.2, 0.25) is 0 Å². The average Bonchev–Trinajstić information content (AvgIpc) is 2.53. The molecule has 0 aliphatic heterocycles. The highest BCUT2D eigenvalue weighted by Gasteiger charge is 2.15. The molecule has 0 aromatic carbocycles. The number of rotatable bonds is 11. The summed E-state index contributed by atoms with van der Waals surface area (Å²) < 4.78 is 15.4. The van der Waals surface area contributed by atoms with Gasteiger partial charge < -0.3 is 30.2 Å². The number of amides is 3. The fourth-order valence-corrected chi connectivity index (χ4v) is 1.48. The van der Waals surface area contributed by atoms with Crippen molar-refractivity contribution in [1.29, 1.82) is 0 Å². The minimum Gasteiger partial charge on any atom is -0.447 e. The maximum Gasteiger partial charge on any atom is 0.407 e. The molecule has 0 saturated heterocycles. The second-order valence-electron chi connectivity index (χ2n) is 4.53. The van der Waals surface area contributed by atoms with E-state index in [0.717, 1.165) is 0 Å². The van der Waals surface area contributed by atoms with Gasteiger partial charge in [-0.3, -0.25) is 4.79 Å². The molecule has 0 bridgehead atoms. The Labute approximate surface area is 136 Å². The normalized spacial score (nSPS) is 10.1. The molecule has 0 rings (SSSR count). The van der Waals surface area contributed by atoms with E-state index in [9.17, 15) is 14.4 Å². The number of nitrogens with one attached hydrogen (secondary N) is 3. The molecule has 0 aromatic heterocycles. The van der Waals surface area contributed by atoms with Gasteiger partial charge in [-0.05, 0) is 20.3 Å². The van der Waals surface area contributed by atoms with Crippen molar-refractivity contribution in [3.63, 3.8) is 0 Å². The molecular weight excluding hydrogens is 306 g/mol. The van der Waals surface area contributed by atoms with E-state index in [4.69, 9.17) is 14.2 Å². The highest BCUT2D eigenvalue weighted by atomic mass is 16.6. The van der Waals surface area contributed by atoms with Crippen LogP contribution < -0.4 is 16.0 Å². The summed E-state index contributed by atoms with van der Waals surface area (Å²) in [6.45, 7) is 4.63. The Morgan fingerprint density at radius 3 is 1.91 bits per heavy atom. The number of alkyl carbamates (subject to hydrolysis) is 2. The quantitative estimate of drug-likeness (QED) is 0.471. The van der Waals surface area contributed by atoms with Gasteiger partial charge in [0.1, 0.15) is 19.3 Å². The number of hydrogen-bond acceptors (Lipinski definition) is 6. The molecule has 23 heavy (non-hydrogen) atoms. The summed E-state index contributed by atoms with van der Waals surface area (Å²) in [5.74, 6) is -0.0812. The van der Waals surface area contributed by atoms with Gasteiger partial charge in [0.15, 0.2) is 0 Å². The van der Waals surface area contributed by atoms with Crippen LogP contribution >= 0.6 is 0 Å². The van der Waals surface area contributed by atoms with E-state index in [1.807, 2.05) is 0 Å². The molecule has 0 aliphatic carbocycles. The SMILES string of the molecule is CCNC(=O)OCC(COC(=O)NCC)OCCCC(=O)NC. The molecule has 9 nitrogen and oxygen atoms in total. The molecule has 0 aromatic rings. The Hall–Kier alpha value is -2.03. The Kier molecular flexibility index (Phi) is 12.4. The van der Waals surface area contributed by atoms with Gasteiger partial charge in [0.25, 0.3) is 0 Å². The molecule has 0 atom stereocenters. The van der Waals surface area contributed by atoms with Gasteiger partial charge in [0.2, 0.25) is 5.91 Å². The predicted molar refractivity (Wildman–Crippen MR) is 83.1 cm³/mol. The second kappa shape index (κ2) is 13.6. The highest BCUT2D eigenvalue weighted by Crippen LogP contribution is 2.00. The summed E-state index contributed by atoms with van der Waals surface area (Å²) in [6.07, 6.45) is -0.880. The molecule has 0 spiro atoms. The lowest BCUT2D eigenvalue weighted by atomic mass is 10.3. The fraction of sp³-hybridized carbons (Fsp3) is 0.786.